The van der Waals surface area contributed by atoms with Crippen LogP contribution in [0.4, 0.5) is 4.79 Å². The number of nitrogens with zero attached hydrogens (tertiary/aromatic N) is 4. The molecule has 0 aliphatic carbocycles. The number of hydrogen-bond donors (Lipinski definition) is 0. The Labute approximate surface area is 198 Å². The zero-order valence-corrected chi connectivity index (χ0v) is 19.8. The quantitative estimate of drug-likeness (QED) is 0.351. The average Bonchev–Trinajstić information content (AvgIpc) is 3.21. The van der Waals surface area contributed by atoms with Crippen molar-refractivity contribution >= 4 is 17.0 Å². The van der Waals surface area contributed by atoms with Crippen molar-refractivity contribution in [3.05, 3.63) is 72.4 Å². The number of fused-ring (bicyclic) bond motifs is 1. The Morgan fingerprint density at radius 2 is 1.74 bits per heavy atom. The van der Waals surface area contributed by atoms with Gasteiger partial charge in [-0.25, -0.2) is 14.8 Å². The maximum Gasteiger partial charge on any atom is 0.435 e. The molecule has 4 aromatic rings. The first-order valence-electron chi connectivity index (χ1n) is 11.1. The summed E-state index contributed by atoms with van der Waals surface area (Å²) >= 11 is 0. The molecule has 0 atom stereocenters. The third kappa shape index (κ3) is 5.77. The molecule has 176 valence electrons. The third-order valence-corrected chi connectivity index (χ3v) is 4.92. The average molecular weight is 461 g/mol. The Hall–Kier alpha value is -3.78. The predicted octanol–water partition coefficient (Wildman–Crippen LogP) is 5.18. The van der Waals surface area contributed by atoms with Crippen LogP contribution in [0.3, 0.4) is 0 Å². The summed E-state index contributed by atoms with van der Waals surface area (Å²) in [6, 6.07) is 13.7. The Kier molecular flexibility index (Phi) is 6.88. The van der Waals surface area contributed by atoms with Crippen molar-refractivity contribution in [1.82, 2.24) is 19.7 Å². The molecule has 0 amide bonds. The van der Waals surface area contributed by atoms with Crippen LogP contribution in [0.1, 0.15) is 32.2 Å². The molecule has 2 aromatic carbocycles. The van der Waals surface area contributed by atoms with Crippen molar-refractivity contribution in [2.45, 2.75) is 39.9 Å². The molecule has 0 aliphatic heterocycles. The maximum absolute atomic E-state index is 12.7. The zero-order valence-electron chi connectivity index (χ0n) is 19.8. The number of carbonyl (C=O) groups excluding carboxylic acids is 1. The molecule has 2 aromatic heterocycles. The summed E-state index contributed by atoms with van der Waals surface area (Å²) in [7, 11) is 0. The van der Waals surface area contributed by atoms with E-state index in [0.717, 1.165) is 22.1 Å². The molecule has 0 radical (unpaired) electrons. The first-order chi connectivity index (χ1) is 16.3. The minimum Gasteiger partial charge on any atom is -0.490 e. The third-order valence-electron chi connectivity index (χ3n) is 4.92. The standard InChI is InChI=1S/C26H28N4O4/c1-18-27-14-21(15-28-18)22-12-20-16-29-30(25(31)34-26(2,3)4)23(20)13-24(22)33-11-10-32-17-19-8-6-5-7-9-19/h5-9,12-16H,10-11,17H2,1-4H3. The smallest absolute Gasteiger partial charge is 0.435 e. The van der Waals surface area contributed by atoms with Crippen molar-refractivity contribution in [1.29, 1.82) is 0 Å². The topological polar surface area (TPSA) is 88.4 Å². The Morgan fingerprint density at radius 3 is 2.44 bits per heavy atom. The fraction of sp³-hybridized carbons (Fsp3) is 0.308. The number of benzene rings is 2. The number of hydrogen-bond acceptors (Lipinski definition) is 7. The number of aryl methyl sites for hydroxylation is 1. The van der Waals surface area contributed by atoms with Crippen LogP contribution in [-0.4, -0.2) is 44.7 Å². The number of aromatic nitrogens is 4. The summed E-state index contributed by atoms with van der Waals surface area (Å²) in [6.45, 7) is 8.52. The lowest BCUT2D eigenvalue weighted by Gasteiger charge is -2.19. The van der Waals surface area contributed by atoms with Crippen LogP contribution in [0.25, 0.3) is 22.0 Å². The molecule has 0 spiro atoms. The van der Waals surface area contributed by atoms with Crippen molar-refractivity contribution in [3.63, 3.8) is 0 Å². The van der Waals surface area contributed by atoms with Gasteiger partial charge in [0.15, 0.2) is 0 Å². The SMILES string of the molecule is Cc1ncc(-c2cc3cnn(C(=O)OC(C)(C)C)c3cc2OCCOCc2ccccc2)cn1. The van der Waals surface area contributed by atoms with E-state index >= 15 is 0 Å². The van der Waals surface area contributed by atoms with Gasteiger partial charge in [-0.1, -0.05) is 30.3 Å². The van der Waals surface area contributed by atoms with Gasteiger partial charge in [0.25, 0.3) is 0 Å². The van der Waals surface area contributed by atoms with Gasteiger partial charge in [0.05, 0.1) is 24.9 Å². The van der Waals surface area contributed by atoms with Gasteiger partial charge in [-0.15, -0.1) is 0 Å². The predicted molar refractivity (Wildman–Crippen MR) is 129 cm³/mol. The molecule has 2 heterocycles. The number of ether oxygens (including phenoxy) is 3. The minimum absolute atomic E-state index is 0.332. The van der Waals surface area contributed by atoms with Gasteiger partial charge < -0.3 is 14.2 Å². The fourth-order valence-corrected chi connectivity index (χ4v) is 3.36. The first-order valence-corrected chi connectivity index (χ1v) is 11.1. The van der Waals surface area contributed by atoms with Crippen molar-refractivity contribution in [2.24, 2.45) is 0 Å². The van der Waals surface area contributed by atoms with Crippen LogP contribution in [0.5, 0.6) is 5.75 Å². The van der Waals surface area contributed by atoms with E-state index in [2.05, 4.69) is 15.1 Å². The maximum atomic E-state index is 12.7. The van der Waals surface area contributed by atoms with E-state index in [1.165, 1.54) is 4.68 Å². The molecule has 0 aliphatic rings. The second-order valence-electron chi connectivity index (χ2n) is 8.85. The summed E-state index contributed by atoms with van der Waals surface area (Å²) < 4.78 is 18.6. The second-order valence-corrected chi connectivity index (χ2v) is 8.85. The minimum atomic E-state index is -0.635. The Bertz CT molecular complexity index is 1260. The summed E-state index contributed by atoms with van der Waals surface area (Å²) in [4.78, 5) is 21.3. The van der Waals surface area contributed by atoms with Crippen LogP contribution in [0.2, 0.25) is 0 Å². The van der Waals surface area contributed by atoms with E-state index in [-0.39, 0.29) is 0 Å². The monoisotopic (exact) mass is 460 g/mol. The molecule has 0 bridgehead atoms. The lowest BCUT2D eigenvalue weighted by molar-refractivity contribution is 0.0522. The zero-order chi connectivity index (χ0) is 24.1. The normalized spacial score (nSPS) is 11.5. The molecule has 0 saturated heterocycles. The lowest BCUT2D eigenvalue weighted by Crippen LogP contribution is -2.27. The number of rotatable bonds is 7. The first kappa shape index (κ1) is 23.4. The van der Waals surface area contributed by atoms with Gasteiger partial charge in [0.1, 0.15) is 23.8 Å². The van der Waals surface area contributed by atoms with Crippen molar-refractivity contribution < 1.29 is 19.0 Å². The van der Waals surface area contributed by atoms with E-state index in [1.54, 1.807) is 24.7 Å². The van der Waals surface area contributed by atoms with Crippen molar-refractivity contribution in [3.8, 4) is 16.9 Å². The highest BCUT2D eigenvalue weighted by Crippen LogP contribution is 2.34. The summed E-state index contributed by atoms with van der Waals surface area (Å²) in [5, 5.41) is 5.02. The van der Waals surface area contributed by atoms with E-state index in [0.29, 0.717) is 36.9 Å². The van der Waals surface area contributed by atoms with Crippen LogP contribution >= 0.6 is 0 Å². The molecular formula is C26H28N4O4. The van der Waals surface area contributed by atoms with E-state index in [4.69, 9.17) is 14.2 Å². The van der Waals surface area contributed by atoms with Gasteiger partial charge in [0, 0.05) is 35.0 Å². The van der Waals surface area contributed by atoms with E-state index in [1.807, 2.05) is 64.1 Å². The van der Waals surface area contributed by atoms with Crippen LogP contribution < -0.4 is 4.74 Å². The summed E-state index contributed by atoms with van der Waals surface area (Å²) in [6.07, 6.45) is 4.58. The van der Waals surface area contributed by atoms with Crippen LogP contribution in [0.15, 0.2) is 61.1 Å². The van der Waals surface area contributed by atoms with E-state index in [9.17, 15) is 4.79 Å². The van der Waals surface area contributed by atoms with Gasteiger partial charge in [-0.3, -0.25) is 0 Å². The molecule has 0 unspecified atom stereocenters. The highest BCUT2D eigenvalue weighted by Gasteiger charge is 2.21. The lowest BCUT2D eigenvalue weighted by atomic mass is 10.1. The molecule has 4 rings (SSSR count). The number of carbonyl (C=O) groups is 1. The highest BCUT2D eigenvalue weighted by molar-refractivity contribution is 5.93. The van der Waals surface area contributed by atoms with Crippen LogP contribution in [-0.2, 0) is 16.1 Å². The van der Waals surface area contributed by atoms with Crippen LogP contribution in [0, 0.1) is 6.92 Å². The second kappa shape index (κ2) is 10.0. The molecule has 0 saturated carbocycles. The molecule has 8 heteroatoms. The Morgan fingerprint density at radius 1 is 1.00 bits per heavy atom. The van der Waals surface area contributed by atoms with Gasteiger partial charge in [0.2, 0.25) is 0 Å². The molecule has 8 nitrogen and oxygen atoms in total. The van der Waals surface area contributed by atoms with Gasteiger partial charge in [-0.2, -0.15) is 9.78 Å². The molecule has 0 fully saturated rings. The van der Waals surface area contributed by atoms with E-state index < -0.39 is 11.7 Å². The highest BCUT2D eigenvalue weighted by atomic mass is 16.6. The molecular weight excluding hydrogens is 432 g/mol. The Balaban J connectivity index is 1.58. The van der Waals surface area contributed by atoms with Gasteiger partial charge >= 0.3 is 6.09 Å². The van der Waals surface area contributed by atoms with Crippen molar-refractivity contribution in [2.75, 3.05) is 13.2 Å². The summed E-state index contributed by atoms with van der Waals surface area (Å²) in [5.74, 6) is 1.26. The summed E-state index contributed by atoms with van der Waals surface area (Å²) in [5.41, 5.74) is 2.66. The van der Waals surface area contributed by atoms with Gasteiger partial charge in [-0.05, 0) is 39.3 Å². The molecule has 0 N–H and O–H groups in total. The molecule has 34 heavy (non-hydrogen) atoms. The largest absolute Gasteiger partial charge is 0.490 e. The fourth-order valence-electron chi connectivity index (χ4n) is 3.36.